The van der Waals surface area contributed by atoms with Crippen LogP contribution in [0.25, 0.3) is 0 Å². The summed E-state index contributed by atoms with van der Waals surface area (Å²) in [6, 6.07) is 7.35. The second-order valence-corrected chi connectivity index (χ2v) is 3.55. The number of amides is 1. The molecular formula is C12H15N3O2. The van der Waals surface area contributed by atoms with Gasteiger partial charge in [0.2, 0.25) is 0 Å². The number of nitrogens with one attached hydrogen (secondary N) is 1. The Bertz CT molecular complexity index is 457. The molecule has 0 aliphatic heterocycles. The van der Waals surface area contributed by atoms with Crippen molar-refractivity contribution in [2.24, 2.45) is 10.2 Å². The zero-order valence-corrected chi connectivity index (χ0v) is 10.1. The lowest BCUT2D eigenvalue weighted by molar-refractivity contribution is -0.117. The fraction of sp³-hybridized carbons (Fsp3) is 0.250. The monoisotopic (exact) mass is 233 g/mol. The molecule has 90 valence electrons. The van der Waals surface area contributed by atoms with Crippen molar-refractivity contribution in [3.63, 3.8) is 0 Å². The Hall–Kier alpha value is -2.17. The van der Waals surface area contributed by atoms with Gasteiger partial charge in [0.1, 0.15) is 5.76 Å². The number of nitrogens with zero attached hydrogens (tertiary/aromatic N) is 2. The van der Waals surface area contributed by atoms with Gasteiger partial charge in [-0.1, -0.05) is 17.7 Å². The van der Waals surface area contributed by atoms with Gasteiger partial charge < -0.3 is 10.4 Å². The van der Waals surface area contributed by atoms with E-state index in [4.69, 9.17) is 0 Å². The van der Waals surface area contributed by atoms with E-state index in [1.165, 1.54) is 14.0 Å². The van der Waals surface area contributed by atoms with Gasteiger partial charge in [-0.25, -0.2) is 0 Å². The van der Waals surface area contributed by atoms with Gasteiger partial charge in [-0.3, -0.25) is 4.79 Å². The minimum atomic E-state index is -0.471. The van der Waals surface area contributed by atoms with E-state index in [2.05, 4.69) is 15.5 Å². The van der Waals surface area contributed by atoms with Crippen LogP contribution in [0.1, 0.15) is 12.5 Å². The Kier molecular flexibility index (Phi) is 4.39. The van der Waals surface area contributed by atoms with E-state index < -0.39 is 5.91 Å². The highest BCUT2D eigenvalue weighted by Gasteiger charge is 2.10. The van der Waals surface area contributed by atoms with E-state index >= 15 is 0 Å². The minimum Gasteiger partial charge on any atom is -0.510 e. The third-order valence-corrected chi connectivity index (χ3v) is 2.08. The van der Waals surface area contributed by atoms with E-state index in [9.17, 15) is 9.90 Å². The highest BCUT2D eigenvalue weighted by molar-refractivity contribution is 5.93. The predicted molar refractivity (Wildman–Crippen MR) is 65.1 cm³/mol. The topological polar surface area (TPSA) is 74.0 Å². The molecule has 0 spiro atoms. The molecule has 0 fully saturated rings. The van der Waals surface area contributed by atoms with Gasteiger partial charge >= 0.3 is 0 Å². The van der Waals surface area contributed by atoms with Crippen molar-refractivity contribution in [2.45, 2.75) is 13.8 Å². The number of carbonyl (C=O) groups excluding carboxylic acids is 1. The summed E-state index contributed by atoms with van der Waals surface area (Å²) in [5.41, 5.74) is 1.65. The standard InChI is InChI=1S/C12H15N3O2/c1-8-4-6-10(7-5-8)14-15-11(9(2)16)12(17)13-3/h4-7,16H,1-3H3,(H,13,17)/b11-9-,15-14?. The van der Waals surface area contributed by atoms with Crippen molar-refractivity contribution in [1.29, 1.82) is 0 Å². The van der Waals surface area contributed by atoms with Crippen LogP contribution in [0.5, 0.6) is 0 Å². The third kappa shape index (κ3) is 3.71. The molecule has 0 atom stereocenters. The lowest BCUT2D eigenvalue weighted by Gasteiger charge is -2.00. The molecule has 0 radical (unpaired) electrons. The average molecular weight is 233 g/mol. The maximum Gasteiger partial charge on any atom is 0.275 e. The summed E-state index contributed by atoms with van der Waals surface area (Å²) >= 11 is 0. The summed E-state index contributed by atoms with van der Waals surface area (Å²) in [5, 5.41) is 19.3. The van der Waals surface area contributed by atoms with Gasteiger partial charge in [0, 0.05) is 7.05 Å². The molecule has 0 saturated carbocycles. The van der Waals surface area contributed by atoms with Crippen LogP contribution in [0, 0.1) is 6.92 Å². The van der Waals surface area contributed by atoms with Crippen LogP contribution in [0.3, 0.4) is 0 Å². The highest BCUT2D eigenvalue weighted by atomic mass is 16.3. The second kappa shape index (κ2) is 5.79. The number of likely N-dealkylation sites (N-methyl/N-ethyl adjacent to an activating group) is 1. The maximum absolute atomic E-state index is 11.3. The fourth-order valence-electron chi connectivity index (χ4n) is 1.12. The van der Waals surface area contributed by atoms with E-state index in [-0.39, 0.29) is 11.5 Å². The summed E-state index contributed by atoms with van der Waals surface area (Å²) in [5.74, 6) is -0.638. The van der Waals surface area contributed by atoms with Crippen LogP contribution >= 0.6 is 0 Å². The van der Waals surface area contributed by atoms with Crippen LogP contribution < -0.4 is 5.32 Å². The Balaban J connectivity index is 2.92. The van der Waals surface area contributed by atoms with E-state index in [1.54, 1.807) is 12.1 Å². The number of allylic oxidation sites excluding steroid dienone is 1. The Morgan fingerprint density at radius 2 is 1.88 bits per heavy atom. The van der Waals surface area contributed by atoms with Crippen LogP contribution in [-0.4, -0.2) is 18.1 Å². The Labute approximate surface area is 99.9 Å². The van der Waals surface area contributed by atoms with Crippen molar-refractivity contribution in [3.8, 4) is 0 Å². The number of carbonyl (C=O) groups is 1. The first-order valence-electron chi connectivity index (χ1n) is 5.15. The van der Waals surface area contributed by atoms with Gasteiger partial charge in [0.15, 0.2) is 5.70 Å². The molecule has 0 aromatic heterocycles. The largest absolute Gasteiger partial charge is 0.510 e. The highest BCUT2D eigenvalue weighted by Crippen LogP contribution is 2.15. The molecule has 0 heterocycles. The lowest BCUT2D eigenvalue weighted by atomic mass is 10.2. The quantitative estimate of drug-likeness (QED) is 0.478. The van der Waals surface area contributed by atoms with E-state index in [0.29, 0.717) is 5.69 Å². The predicted octanol–water partition coefficient (Wildman–Crippen LogP) is 2.61. The molecule has 2 N–H and O–H groups in total. The second-order valence-electron chi connectivity index (χ2n) is 3.55. The zero-order chi connectivity index (χ0) is 12.8. The molecule has 0 saturated heterocycles. The molecule has 1 amide bonds. The number of aryl methyl sites for hydroxylation is 1. The van der Waals surface area contributed by atoms with Crippen molar-refractivity contribution in [2.75, 3.05) is 7.05 Å². The molecule has 0 aliphatic carbocycles. The molecule has 0 unspecified atom stereocenters. The fourth-order valence-corrected chi connectivity index (χ4v) is 1.12. The summed E-state index contributed by atoms with van der Waals surface area (Å²) in [7, 11) is 1.46. The number of hydrogen-bond donors (Lipinski definition) is 2. The van der Waals surface area contributed by atoms with Gasteiger partial charge in [0.25, 0.3) is 5.91 Å². The van der Waals surface area contributed by atoms with Crippen molar-refractivity contribution >= 4 is 11.6 Å². The molecule has 1 aromatic carbocycles. The third-order valence-electron chi connectivity index (χ3n) is 2.08. The van der Waals surface area contributed by atoms with Gasteiger partial charge in [-0.2, -0.15) is 5.11 Å². The maximum atomic E-state index is 11.3. The SMILES string of the molecule is CNC(=O)/C(N=Nc1ccc(C)cc1)=C(\C)O. The van der Waals surface area contributed by atoms with Crippen molar-refractivity contribution in [1.82, 2.24) is 5.32 Å². The molecule has 1 aromatic rings. The number of aliphatic hydroxyl groups excluding tert-OH is 1. The zero-order valence-electron chi connectivity index (χ0n) is 10.1. The lowest BCUT2D eigenvalue weighted by Crippen LogP contribution is -2.20. The van der Waals surface area contributed by atoms with E-state index in [1.807, 2.05) is 19.1 Å². The summed E-state index contributed by atoms with van der Waals surface area (Å²) in [6.07, 6.45) is 0. The number of hydrogen-bond acceptors (Lipinski definition) is 4. The number of azo groups is 1. The molecule has 1 rings (SSSR count). The van der Waals surface area contributed by atoms with Crippen molar-refractivity contribution in [3.05, 3.63) is 41.3 Å². The molecule has 0 bridgehead atoms. The summed E-state index contributed by atoms with van der Waals surface area (Å²) in [6.45, 7) is 3.35. The number of benzene rings is 1. The van der Waals surface area contributed by atoms with Gasteiger partial charge in [0.05, 0.1) is 5.69 Å². The van der Waals surface area contributed by atoms with E-state index in [0.717, 1.165) is 5.56 Å². The Morgan fingerprint density at radius 3 is 2.35 bits per heavy atom. The minimum absolute atomic E-state index is 0.0897. The van der Waals surface area contributed by atoms with Crippen LogP contribution in [0.15, 0.2) is 46.0 Å². The van der Waals surface area contributed by atoms with Crippen LogP contribution in [0.4, 0.5) is 5.69 Å². The number of aliphatic hydroxyl groups is 1. The molecular weight excluding hydrogens is 218 g/mol. The first-order chi connectivity index (χ1) is 8.04. The van der Waals surface area contributed by atoms with Gasteiger partial charge in [-0.15, -0.1) is 5.11 Å². The Morgan fingerprint density at radius 1 is 1.29 bits per heavy atom. The average Bonchev–Trinajstić information content (AvgIpc) is 2.31. The normalized spacial score (nSPS) is 12.4. The smallest absolute Gasteiger partial charge is 0.275 e. The summed E-state index contributed by atoms with van der Waals surface area (Å²) < 4.78 is 0. The summed E-state index contributed by atoms with van der Waals surface area (Å²) in [4.78, 5) is 11.3. The van der Waals surface area contributed by atoms with Crippen LogP contribution in [-0.2, 0) is 4.79 Å². The first kappa shape index (κ1) is 12.9. The number of rotatable bonds is 3. The van der Waals surface area contributed by atoms with Gasteiger partial charge in [-0.05, 0) is 26.0 Å². The molecule has 5 nitrogen and oxygen atoms in total. The molecule has 17 heavy (non-hydrogen) atoms. The molecule has 0 aliphatic rings. The molecule has 5 heteroatoms. The van der Waals surface area contributed by atoms with Crippen LogP contribution in [0.2, 0.25) is 0 Å². The van der Waals surface area contributed by atoms with Crippen molar-refractivity contribution < 1.29 is 9.90 Å². The first-order valence-corrected chi connectivity index (χ1v) is 5.15.